The van der Waals surface area contributed by atoms with E-state index in [4.69, 9.17) is 16.5 Å². The van der Waals surface area contributed by atoms with Crippen molar-refractivity contribution in [3.63, 3.8) is 0 Å². The second-order valence-corrected chi connectivity index (χ2v) is 52.1. The van der Waals surface area contributed by atoms with Crippen molar-refractivity contribution in [2.75, 3.05) is 6.16 Å². The average Bonchev–Trinajstić information content (AvgIpc) is 3.34. The van der Waals surface area contributed by atoms with E-state index in [1.165, 1.54) is 69.6 Å². The number of hydrogen-bond acceptors (Lipinski definition) is 4. The highest BCUT2D eigenvalue weighted by Gasteiger charge is 2.48. The lowest BCUT2D eigenvalue weighted by atomic mass is 10.4. The van der Waals surface area contributed by atoms with E-state index in [1.54, 1.807) is 0 Å². The molecule has 6 aromatic rings. The predicted octanol–water partition coefficient (Wildman–Crippen LogP) is 9.77. The number of rotatable bonds is 24. The van der Waals surface area contributed by atoms with Crippen LogP contribution >= 0.6 is 14.5 Å². The summed E-state index contributed by atoms with van der Waals surface area (Å²) >= 11 is 0. The summed E-state index contributed by atoms with van der Waals surface area (Å²) in [6.45, 7) is 36.3. The molecule has 0 N–H and O–H groups in total. The van der Waals surface area contributed by atoms with Gasteiger partial charge in [-0.25, -0.2) is 0 Å². The van der Waals surface area contributed by atoms with Crippen molar-refractivity contribution in [1.82, 2.24) is 0 Å². The Balaban J connectivity index is 0.000000418. The van der Waals surface area contributed by atoms with E-state index >= 15 is 0 Å². The summed E-state index contributed by atoms with van der Waals surface area (Å²) in [6, 6.07) is 69.4. The van der Waals surface area contributed by atoms with Gasteiger partial charge in [0.1, 0.15) is 46.4 Å². The van der Waals surface area contributed by atoms with Gasteiger partial charge in [0.05, 0.1) is 12.0 Å². The zero-order chi connectivity index (χ0) is 52.9. The van der Waals surface area contributed by atoms with Crippen LogP contribution in [0.4, 0.5) is 0 Å². The van der Waals surface area contributed by atoms with Crippen LogP contribution in [0.25, 0.3) is 0 Å². The first-order valence-corrected chi connectivity index (χ1v) is 48.2. The predicted molar refractivity (Wildman–Crippen MR) is 340 cm³/mol. The molecule has 404 valence electrons. The molecule has 0 bridgehead atoms. The van der Waals surface area contributed by atoms with Gasteiger partial charge in [-0.3, -0.25) is 0 Å². The maximum Gasteiger partial charge on any atom is 0.311 e. The van der Waals surface area contributed by atoms with Crippen molar-refractivity contribution in [3.8, 4) is 0 Å². The van der Waals surface area contributed by atoms with E-state index in [-0.39, 0.29) is 34.0 Å². The van der Waals surface area contributed by atoms with Crippen LogP contribution in [0.5, 0.6) is 0 Å². The smallest absolute Gasteiger partial charge is 0.311 e. The van der Waals surface area contributed by atoms with Crippen LogP contribution in [0.3, 0.4) is 0 Å². The third kappa shape index (κ3) is 21.3. The van der Waals surface area contributed by atoms with Gasteiger partial charge in [0.2, 0.25) is 0 Å². The van der Waals surface area contributed by atoms with Gasteiger partial charge in [0, 0.05) is 6.04 Å². The third-order valence-corrected chi connectivity index (χ3v) is 42.8. The fourth-order valence-corrected chi connectivity index (χ4v) is 46.0. The highest BCUT2D eigenvalue weighted by atomic mass is 79.9. The molecule has 0 heterocycles. The number of halogens is 2. The summed E-state index contributed by atoms with van der Waals surface area (Å²) < 4.78 is 26.3. The Morgan fingerprint density at radius 3 is 0.919 bits per heavy atom. The zero-order valence-corrected chi connectivity index (χ0v) is 58.7. The first-order valence-electron chi connectivity index (χ1n) is 26.6. The lowest BCUT2D eigenvalue weighted by molar-refractivity contribution is -0.001000. The van der Waals surface area contributed by atoms with Gasteiger partial charge in [-0.1, -0.05) is 155 Å². The topological polar surface area (TPSA) is 36.9 Å². The molecule has 0 aliphatic rings. The van der Waals surface area contributed by atoms with Gasteiger partial charge >= 0.3 is 17.1 Å². The van der Waals surface area contributed by atoms with Gasteiger partial charge in [-0.05, 0) is 163 Å². The van der Waals surface area contributed by atoms with Crippen LogP contribution in [0.1, 0.15) is 39.5 Å². The van der Waals surface area contributed by atoms with E-state index < -0.39 is 65.6 Å². The van der Waals surface area contributed by atoms with Gasteiger partial charge in [0.25, 0.3) is 0 Å². The fourth-order valence-electron chi connectivity index (χ4n) is 10.0. The third-order valence-electron chi connectivity index (χ3n) is 12.8. The van der Waals surface area contributed by atoms with Crippen molar-refractivity contribution in [2.24, 2.45) is 0 Å². The quantitative estimate of drug-likeness (QED) is 0.0447. The Bertz CT molecular complexity index is 2250. The molecule has 0 aliphatic carbocycles. The normalized spacial score (nSPS) is 12.3. The molecular weight excluding hydrogens is 1170 g/mol. The minimum absolute atomic E-state index is 0. The Hall–Kier alpha value is -1.98. The molecule has 0 unspecified atom stereocenters. The van der Waals surface area contributed by atoms with E-state index in [0.29, 0.717) is 0 Å². The van der Waals surface area contributed by atoms with E-state index in [1.807, 2.05) is 0 Å². The molecule has 0 aliphatic heterocycles. The zero-order valence-electron chi connectivity index (χ0n) is 47.6. The maximum atomic E-state index is 7.05. The summed E-state index contributed by atoms with van der Waals surface area (Å²) in [5, 5.41) is 8.39. The van der Waals surface area contributed by atoms with Crippen molar-refractivity contribution in [2.45, 2.75) is 136 Å². The molecule has 0 amide bonds. The minimum atomic E-state index is -2.22. The fraction of sp³-hybridized carbons (Fsp3) is 0.367. The molecule has 74 heavy (non-hydrogen) atoms. The summed E-state index contributed by atoms with van der Waals surface area (Å²) in [7, 11) is -13.8. The summed E-state index contributed by atoms with van der Waals surface area (Å²) in [6.07, 6.45) is 6.16. The standard InChI is InChI=1S/C30H46O2PSi3.C20H18P.C10H28O2Si3.2BrH/c1-8-9-26-34(2,3)31-36(6,7)32-35(4,5)27-25-33(28-19-13-10-14-20-28,29-21-15-11-16-22-29)30-23-17-12-18-24-30;1-2-21(18-12-6-3-7-13-18,19-14-8-4-9-15-19)20-16-10-5-11-17-20;1-8-9-10-14(4,5)12-15(6,7)11-13(2)3;;/h10-24H,8-9,25-27H2,1-7H3;2-17H,1H2;13H,8-10H2,1-7H3;2*1H/q2*+1;;;/p-2. The van der Waals surface area contributed by atoms with E-state index in [0.717, 1.165) is 12.2 Å². The SMILES string of the molecule is C=C[P+](c1ccccc1)(c1ccccc1)c1ccccc1.CCCC[Si](C)(C)O[Si](C)(C)O[SiH](C)C.CCCC[Si](C)(C)O[Si](C)(C)O[Si](C)(C)CC[P+](c1ccccc1)(c1ccccc1)c1ccccc1.[Br-].[Br-]. The largest absolute Gasteiger partial charge is 1.00 e. The molecule has 0 saturated carbocycles. The highest BCUT2D eigenvalue weighted by Crippen LogP contribution is 2.57. The molecule has 6 rings (SSSR count). The van der Waals surface area contributed by atoms with Gasteiger partial charge in [-0.2, -0.15) is 0 Å². The van der Waals surface area contributed by atoms with Crippen LogP contribution in [0.2, 0.25) is 96.7 Å². The Morgan fingerprint density at radius 2 is 0.662 bits per heavy atom. The molecule has 0 radical (unpaired) electrons. The molecule has 6 aromatic carbocycles. The molecule has 14 heteroatoms. The van der Waals surface area contributed by atoms with Crippen molar-refractivity contribution >= 4 is 97.5 Å². The second-order valence-electron chi connectivity index (χ2n) is 22.0. The molecule has 0 spiro atoms. The average molecular weight is 1270 g/mol. The Kier molecular flexibility index (Phi) is 29.6. The molecule has 0 atom stereocenters. The lowest BCUT2D eigenvalue weighted by Gasteiger charge is -2.39. The van der Waals surface area contributed by atoms with Crippen LogP contribution in [-0.2, 0) is 16.5 Å². The van der Waals surface area contributed by atoms with Crippen LogP contribution in [0.15, 0.2) is 194 Å². The molecule has 0 fully saturated rings. The van der Waals surface area contributed by atoms with E-state index in [2.05, 4.69) is 287 Å². The Morgan fingerprint density at radius 1 is 0.405 bits per heavy atom. The number of benzene rings is 6. The van der Waals surface area contributed by atoms with Gasteiger partial charge < -0.3 is 50.4 Å². The monoisotopic (exact) mass is 1260 g/mol. The van der Waals surface area contributed by atoms with Crippen LogP contribution in [-0.4, -0.2) is 57.3 Å². The van der Waals surface area contributed by atoms with Crippen LogP contribution < -0.4 is 65.8 Å². The lowest BCUT2D eigenvalue weighted by Crippen LogP contribution is -3.00. The number of hydrogen-bond donors (Lipinski definition) is 0. The van der Waals surface area contributed by atoms with Crippen LogP contribution in [0, 0.1) is 0 Å². The van der Waals surface area contributed by atoms with Crippen molar-refractivity contribution in [3.05, 3.63) is 194 Å². The number of unbranched alkanes of at least 4 members (excludes halogenated alkanes) is 2. The summed E-state index contributed by atoms with van der Waals surface area (Å²) in [4.78, 5) is 0. The van der Waals surface area contributed by atoms with Crippen molar-refractivity contribution in [1.29, 1.82) is 0 Å². The van der Waals surface area contributed by atoms with Gasteiger partial charge in [-0.15, -0.1) is 0 Å². The van der Waals surface area contributed by atoms with Crippen molar-refractivity contribution < 1.29 is 50.4 Å². The maximum absolute atomic E-state index is 7.05. The first kappa shape index (κ1) is 68.1. The highest BCUT2D eigenvalue weighted by molar-refractivity contribution is 7.98. The Labute approximate surface area is 480 Å². The first-order chi connectivity index (χ1) is 34.1. The summed E-state index contributed by atoms with van der Waals surface area (Å²) in [5.41, 5.74) is 0. The minimum Gasteiger partial charge on any atom is -1.00 e. The molecule has 0 aromatic heterocycles. The summed E-state index contributed by atoms with van der Waals surface area (Å²) in [5.74, 6) is 2.16. The molecule has 4 nitrogen and oxygen atoms in total. The van der Waals surface area contributed by atoms with E-state index in [9.17, 15) is 0 Å². The van der Waals surface area contributed by atoms with Gasteiger partial charge in [0.15, 0.2) is 34.0 Å². The molecular formula is C60H92Br2O4P2Si6. The molecule has 0 saturated heterocycles. The second kappa shape index (κ2) is 32.2.